The number of halogens is 3. The summed E-state index contributed by atoms with van der Waals surface area (Å²) in [5.74, 6) is -3.93. The molecular formula is C6H5F3N4O3. The van der Waals surface area contributed by atoms with Crippen molar-refractivity contribution in [2.45, 2.75) is 12.7 Å². The van der Waals surface area contributed by atoms with Crippen molar-refractivity contribution in [2.75, 3.05) is 5.32 Å². The zero-order chi connectivity index (χ0) is 12.3. The molecule has 1 aromatic rings. The highest BCUT2D eigenvalue weighted by Crippen LogP contribution is 2.16. The number of hydrogen-bond donors (Lipinski definition) is 2. The Hall–Kier alpha value is -2.13. The number of rotatable bonds is 3. The number of aliphatic carboxylic acids is 1. The number of aromatic nitrogens is 3. The molecule has 1 heterocycles. The maximum atomic E-state index is 11.8. The number of carbonyl (C=O) groups excluding carboxylic acids is 1. The Kier molecular flexibility index (Phi) is 3.11. The lowest BCUT2D eigenvalue weighted by molar-refractivity contribution is -0.167. The van der Waals surface area contributed by atoms with Crippen LogP contribution in [-0.2, 0) is 16.1 Å². The molecule has 0 spiro atoms. The molecule has 0 fully saturated rings. The first-order chi connectivity index (χ1) is 7.29. The van der Waals surface area contributed by atoms with Crippen LogP contribution < -0.4 is 5.32 Å². The number of alkyl halides is 3. The zero-order valence-electron chi connectivity index (χ0n) is 7.52. The lowest BCUT2D eigenvalue weighted by Gasteiger charge is -2.03. The van der Waals surface area contributed by atoms with Gasteiger partial charge in [-0.05, 0) is 0 Å². The van der Waals surface area contributed by atoms with Gasteiger partial charge >= 0.3 is 18.1 Å². The normalized spacial score (nSPS) is 11.2. The number of hydrogen-bond acceptors (Lipinski definition) is 4. The monoisotopic (exact) mass is 238 g/mol. The second-order valence-electron chi connectivity index (χ2n) is 2.61. The zero-order valence-corrected chi connectivity index (χ0v) is 7.52. The Labute approximate surface area is 85.9 Å². The van der Waals surface area contributed by atoms with Gasteiger partial charge in [0.05, 0.1) is 6.20 Å². The summed E-state index contributed by atoms with van der Waals surface area (Å²) in [6, 6.07) is 0. The highest BCUT2D eigenvalue weighted by molar-refractivity contribution is 5.93. The summed E-state index contributed by atoms with van der Waals surface area (Å²) in [5.41, 5.74) is 0. The van der Waals surface area contributed by atoms with Crippen LogP contribution in [0.4, 0.5) is 19.0 Å². The van der Waals surface area contributed by atoms with Crippen molar-refractivity contribution in [1.29, 1.82) is 0 Å². The molecule has 0 aliphatic carbocycles. The van der Waals surface area contributed by atoms with Gasteiger partial charge < -0.3 is 5.11 Å². The van der Waals surface area contributed by atoms with E-state index in [1.807, 2.05) is 0 Å². The minimum absolute atomic E-state index is 0.469. The van der Waals surface area contributed by atoms with E-state index in [0.717, 1.165) is 6.20 Å². The van der Waals surface area contributed by atoms with E-state index in [0.29, 0.717) is 4.80 Å². The molecule has 1 aromatic heterocycles. The topological polar surface area (TPSA) is 97.1 Å². The van der Waals surface area contributed by atoms with E-state index in [-0.39, 0.29) is 0 Å². The number of nitrogens with zero attached hydrogens (tertiary/aromatic N) is 3. The van der Waals surface area contributed by atoms with Gasteiger partial charge in [-0.3, -0.25) is 14.9 Å². The average Bonchev–Trinajstić information content (AvgIpc) is 2.49. The minimum atomic E-state index is -5.03. The fourth-order valence-electron chi connectivity index (χ4n) is 0.739. The van der Waals surface area contributed by atoms with Crippen LogP contribution >= 0.6 is 0 Å². The highest BCUT2D eigenvalue weighted by atomic mass is 19.4. The van der Waals surface area contributed by atoms with Crippen LogP contribution in [0.25, 0.3) is 0 Å². The van der Waals surface area contributed by atoms with Gasteiger partial charge in [-0.15, -0.1) is 5.10 Å². The van der Waals surface area contributed by atoms with Crippen molar-refractivity contribution >= 4 is 17.7 Å². The third-order valence-corrected chi connectivity index (χ3v) is 1.31. The molecule has 10 heteroatoms. The van der Waals surface area contributed by atoms with Gasteiger partial charge in [0.1, 0.15) is 0 Å². The molecule has 7 nitrogen and oxygen atoms in total. The van der Waals surface area contributed by atoms with E-state index >= 15 is 0 Å². The van der Waals surface area contributed by atoms with Crippen molar-refractivity contribution in [3.8, 4) is 0 Å². The SMILES string of the molecule is O=C(O)Cn1ncc(NC(=O)C(F)(F)F)n1. The molecule has 2 N–H and O–H groups in total. The Morgan fingerprint density at radius 2 is 2.12 bits per heavy atom. The molecular weight excluding hydrogens is 233 g/mol. The summed E-state index contributed by atoms with van der Waals surface area (Å²) in [4.78, 5) is 21.3. The maximum absolute atomic E-state index is 11.8. The van der Waals surface area contributed by atoms with Crippen LogP contribution in [-0.4, -0.2) is 38.2 Å². The molecule has 1 rings (SSSR count). The smallest absolute Gasteiger partial charge is 0.471 e. The first kappa shape index (κ1) is 11.9. The average molecular weight is 238 g/mol. The van der Waals surface area contributed by atoms with Gasteiger partial charge in [-0.2, -0.15) is 23.1 Å². The molecule has 0 saturated heterocycles. The largest absolute Gasteiger partial charge is 0.480 e. The van der Waals surface area contributed by atoms with E-state index < -0.39 is 30.4 Å². The first-order valence-electron chi connectivity index (χ1n) is 3.79. The van der Waals surface area contributed by atoms with Crippen molar-refractivity contribution < 1.29 is 27.9 Å². The van der Waals surface area contributed by atoms with E-state index in [1.165, 1.54) is 5.32 Å². The number of carbonyl (C=O) groups is 2. The standard InChI is InChI=1S/C6H5F3N4O3/c7-6(8,9)5(16)11-3-1-10-13(12-3)2-4(14)15/h1H,2H2,(H,14,15)(H,11,12,16). The fraction of sp³-hybridized carbons (Fsp3) is 0.333. The summed E-state index contributed by atoms with van der Waals surface area (Å²) in [5, 5.41) is 16.4. The Bertz CT molecular complexity index is 413. The van der Waals surface area contributed by atoms with Crippen LogP contribution in [0.2, 0.25) is 0 Å². The predicted molar refractivity (Wildman–Crippen MR) is 42.3 cm³/mol. The van der Waals surface area contributed by atoms with E-state index in [9.17, 15) is 22.8 Å². The van der Waals surface area contributed by atoms with Crippen LogP contribution in [0, 0.1) is 0 Å². The van der Waals surface area contributed by atoms with Crippen LogP contribution in [0.1, 0.15) is 0 Å². The first-order valence-corrected chi connectivity index (χ1v) is 3.79. The van der Waals surface area contributed by atoms with Crippen molar-refractivity contribution in [1.82, 2.24) is 15.0 Å². The predicted octanol–water partition coefficient (Wildman–Crippen LogP) is -0.137. The third kappa shape index (κ3) is 3.22. The second-order valence-corrected chi connectivity index (χ2v) is 2.61. The quantitative estimate of drug-likeness (QED) is 0.764. The third-order valence-electron chi connectivity index (χ3n) is 1.31. The Morgan fingerprint density at radius 1 is 1.50 bits per heavy atom. The van der Waals surface area contributed by atoms with Gasteiger partial charge in [0.2, 0.25) is 0 Å². The molecule has 16 heavy (non-hydrogen) atoms. The molecule has 0 atom stereocenters. The lowest BCUT2D eigenvalue weighted by Crippen LogP contribution is -2.30. The summed E-state index contributed by atoms with van der Waals surface area (Å²) in [6.45, 7) is -0.609. The van der Waals surface area contributed by atoms with Crippen molar-refractivity contribution in [3.05, 3.63) is 6.20 Å². The van der Waals surface area contributed by atoms with Gasteiger partial charge in [-0.25, -0.2) is 0 Å². The molecule has 0 saturated carbocycles. The molecule has 0 aromatic carbocycles. The summed E-state index contributed by atoms with van der Waals surface area (Å²) in [7, 11) is 0. The molecule has 88 valence electrons. The fourth-order valence-corrected chi connectivity index (χ4v) is 0.739. The Balaban J connectivity index is 2.66. The highest BCUT2D eigenvalue weighted by Gasteiger charge is 2.39. The maximum Gasteiger partial charge on any atom is 0.471 e. The van der Waals surface area contributed by atoms with E-state index in [4.69, 9.17) is 5.11 Å². The van der Waals surface area contributed by atoms with Crippen LogP contribution in [0.3, 0.4) is 0 Å². The number of amides is 1. The van der Waals surface area contributed by atoms with Crippen molar-refractivity contribution in [3.63, 3.8) is 0 Å². The Morgan fingerprint density at radius 3 is 2.62 bits per heavy atom. The molecule has 0 aliphatic heterocycles. The van der Waals surface area contributed by atoms with Crippen LogP contribution in [0.5, 0.6) is 0 Å². The lowest BCUT2D eigenvalue weighted by atomic mass is 10.5. The van der Waals surface area contributed by atoms with Gasteiger partial charge in [0.25, 0.3) is 0 Å². The summed E-state index contributed by atoms with van der Waals surface area (Å²) in [6.07, 6.45) is -4.22. The molecule has 0 radical (unpaired) electrons. The van der Waals surface area contributed by atoms with Crippen molar-refractivity contribution in [2.24, 2.45) is 0 Å². The number of carboxylic acid groups (broad SMARTS) is 1. The second kappa shape index (κ2) is 4.16. The van der Waals surface area contributed by atoms with Gasteiger partial charge in [0.15, 0.2) is 12.4 Å². The molecule has 0 unspecified atom stereocenters. The number of nitrogens with one attached hydrogen (secondary N) is 1. The number of carboxylic acids is 1. The molecule has 0 aliphatic rings. The van der Waals surface area contributed by atoms with E-state index in [1.54, 1.807) is 0 Å². The van der Waals surface area contributed by atoms with E-state index in [2.05, 4.69) is 10.2 Å². The summed E-state index contributed by atoms with van der Waals surface area (Å²) >= 11 is 0. The summed E-state index contributed by atoms with van der Waals surface area (Å²) < 4.78 is 35.4. The van der Waals surface area contributed by atoms with Gasteiger partial charge in [0, 0.05) is 0 Å². The number of anilines is 1. The molecule has 1 amide bonds. The van der Waals surface area contributed by atoms with Gasteiger partial charge in [-0.1, -0.05) is 0 Å². The van der Waals surface area contributed by atoms with Crippen LogP contribution in [0.15, 0.2) is 6.20 Å². The minimum Gasteiger partial charge on any atom is -0.480 e. The molecule has 0 bridgehead atoms.